The van der Waals surface area contributed by atoms with Gasteiger partial charge in [0.1, 0.15) is 6.04 Å². The monoisotopic (exact) mass is 350 g/mol. The molecule has 5 nitrogen and oxygen atoms in total. The van der Waals surface area contributed by atoms with Crippen LogP contribution >= 0.6 is 23.6 Å². The summed E-state index contributed by atoms with van der Waals surface area (Å²) in [6, 6.07) is 3.84. The summed E-state index contributed by atoms with van der Waals surface area (Å²) in [5.41, 5.74) is 0. The Kier molecular flexibility index (Phi) is 4.96. The van der Waals surface area contributed by atoms with Crippen LogP contribution in [0.25, 0.3) is 10.7 Å². The molecule has 3 atom stereocenters. The average Bonchev–Trinajstić information content (AvgIpc) is 3.18. The van der Waals surface area contributed by atoms with Gasteiger partial charge in [-0.05, 0) is 49.3 Å². The highest BCUT2D eigenvalue weighted by atomic mass is 32.1. The van der Waals surface area contributed by atoms with Gasteiger partial charge in [-0.1, -0.05) is 25.8 Å². The first-order valence-electron chi connectivity index (χ1n) is 8.09. The number of carbonyl (C=O) groups excluding carboxylic acids is 1. The Morgan fingerprint density at radius 2 is 2.30 bits per heavy atom. The first-order chi connectivity index (χ1) is 11.1. The van der Waals surface area contributed by atoms with Crippen molar-refractivity contribution in [3.63, 3.8) is 0 Å². The number of H-pyrrole nitrogens is 1. The van der Waals surface area contributed by atoms with Crippen molar-refractivity contribution in [2.45, 2.75) is 51.6 Å². The number of nitrogens with zero attached hydrogens (tertiary/aromatic N) is 2. The molecule has 0 radical (unpaired) electrons. The minimum absolute atomic E-state index is 0.0130. The molecule has 1 saturated carbocycles. The van der Waals surface area contributed by atoms with Crippen LogP contribution in [-0.2, 0) is 4.79 Å². The highest BCUT2D eigenvalue weighted by molar-refractivity contribution is 7.71. The zero-order valence-corrected chi connectivity index (χ0v) is 15.0. The van der Waals surface area contributed by atoms with Crippen LogP contribution in [0.2, 0.25) is 0 Å². The maximum Gasteiger partial charge on any atom is 0.243 e. The first-order valence-corrected chi connectivity index (χ1v) is 9.38. The number of hydrogen-bond donors (Lipinski definition) is 2. The fourth-order valence-electron chi connectivity index (χ4n) is 3.19. The number of amides is 1. The van der Waals surface area contributed by atoms with E-state index >= 15 is 0 Å². The van der Waals surface area contributed by atoms with Crippen molar-refractivity contribution >= 4 is 29.5 Å². The molecule has 2 aromatic rings. The van der Waals surface area contributed by atoms with Gasteiger partial charge in [-0.2, -0.15) is 5.10 Å². The largest absolute Gasteiger partial charge is 0.351 e. The van der Waals surface area contributed by atoms with Gasteiger partial charge in [0.15, 0.2) is 10.6 Å². The summed E-state index contributed by atoms with van der Waals surface area (Å²) < 4.78 is 2.29. The SMILES string of the molecule is C[C@@H]1CCCC[C@@H]1NC(=O)[C@H](C)n1c(-c2cccs2)n[nH]c1=S. The van der Waals surface area contributed by atoms with Crippen LogP contribution in [0.3, 0.4) is 0 Å². The second kappa shape index (κ2) is 6.97. The lowest BCUT2D eigenvalue weighted by Crippen LogP contribution is -2.43. The lowest BCUT2D eigenvalue weighted by Gasteiger charge is -2.30. The lowest BCUT2D eigenvalue weighted by molar-refractivity contribution is -0.125. The highest BCUT2D eigenvalue weighted by Gasteiger charge is 2.27. The Labute approximate surface area is 145 Å². The van der Waals surface area contributed by atoms with Gasteiger partial charge in [0.2, 0.25) is 5.91 Å². The van der Waals surface area contributed by atoms with Crippen LogP contribution in [0, 0.1) is 10.7 Å². The van der Waals surface area contributed by atoms with E-state index in [1.165, 1.54) is 19.3 Å². The second-order valence-electron chi connectivity index (χ2n) is 6.25. The van der Waals surface area contributed by atoms with Crippen LogP contribution in [0.4, 0.5) is 0 Å². The summed E-state index contributed by atoms with van der Waals surface area (Å²) in [5, 5.41) is 12.3. The first kappa shape index (κ1) is 16.4. The third kappa shape index (κ3) is 3.40. The number of hydrogen-bond acceptors (Lipinski definition) is 4. The zero-order valence-electron chi connectivity index (χ0n) is 13.4. The summed E-state index contributed by atoms with van der Waals surface area (Å²) in [4.78, 5) is 13.7. The molecule has 2 heterocycles. The van der Waals surface area contributed by atoms with Gasteiger partial charge in [0.05, 0.1) is 4.88 Å². The number of aromatic nitrogens is 3. The van der Waals surface area contributed by atoms with E-state index in [1.807, 2.05) is 29.0 Å². The molecule has 1 aliphatic rings. The number of aromatic amines is 1. The summed E-state index contributed by atoms with van der Waals surface area (Å²) in [6.45, 7) is 4.10. The predicted molar refractivity (Wildman–Crippen MR) is 95.0 cm³/mol. The minimum atomic E-state index is -0.382. The van der Waals surface area contributed by atoms with Gasteiger partial charge >= 0.3 is 0 Å². The van der Waals surface area contributed by atoms with Crippen molar-refractivity contribution in [2.75, 3.05) is 0 Å². The smallest absolute Gasteiger partial charge is 0.243 e. The van der Waals surface area contributed by atoms with Crippen molar-refractivity contribution in [1.82, 2.24) is 20.1 Å². The molecular weight excluding hydrogens is 328 g/mol. The van der Waals surface area contributed by atoms with Crippen LogP contribution in [-0.4, -0.2) is 26.7 Å². The fraction of sp³-hybridized carbons (Fsp3) is 0.562. The van der Waals surface area contributed by atoms with Gasteiger partial charge in [0, 0.05) is 6.04 Å². The number of carbonyl (C=O) groups is 1. The Hall–Kier alpha value is -1.47. The van der Waals surface area contributed by atoms with Crippen LogP contribution < -0.4 is 5.32 Å². The van der Waals surface area contributed by atoms with Crippen molar-refractivity contribution in [3.8, 4) is 10.7 Å². The second-order valence-corrected chi connectivity index (χ2v) is 7.59. The molecule has 1 fully saturated rings. The molecule has 0 aliphatic heterocycles. The molecule has 2 N–H and O–H groups in total. The topological polar surface area (TPSA) is 62.7 Å². The van der Waals surface area contributed by atoms with E-state index in [2.05, 4.69) is 22.4 Å². The van der Waals surface area contributed by atoms with E-state index in [4.69, 9.17) is 12.2 Å². The molecular formula is C16H22N4OS2. The maximum absolute atomic E-state index is 12.7. The zero-order chi connectivity index (χ0) is 16.4. The number of thiophene rings is 1. The Morgan fingerprint density at radius 1 is 1.52 bits per heavy atom. The molecule has 3 rings (SSSR count). The molecule has 0 spiro atoms. The van der Waals surface area contributed by atoms with E-state index < -0.39 is 0 Å². The third-order valence-corrected chi connectivity index (χ3v) is 5.81. The highest BCUT2D eigenvalue weighted by Crippen LogP contribution is 2.27. The van der Waals surface area contributed by atoms with Gasteiger partial charge in [-0.25, -0.2) is 0 Å². The lowest BCUT2D eigenvalue weighted by atomic mass is 9.86. The molecule has 2 aromatic heterocycles. The van der Waals surface area contributed by atoms with Crippen molar-refractivity contribution < 1.29 is 4.79 Å². The van der Waals surface area contributed by atoms with Crippen LogP contribution in [0.1, 0.15) is 45.6 Å². The van der Waals surface area contributed by atoms with Gasteiger partial charge in [0.25, 0.3) is 0 Å². The van der Waals surface area contributed by atoms with E-state index in [9.17, 15) is 4.79 Å². The van der Waals surface area contributed by atoms with E-state index in [0.717, 1.165) is 17.1 Å². The Bertz CT molecular complexity index is 719. The summed E-state index contributed by atoms with van der Waals surface area (Å²) >= 11 is 6.93. The molecule has 0 bridgehead atoms. The summed E-state index contributed by atoms with van der Waals surface area (Å²) in [5.74, 6) is 1.28. The quantitative estimate of drug-likeness (QED) is 0.822. The van der Waals surface area contributed by atoms with Gasteiger partial charge in [-0.3, -0.25) is 14.5 Å². The van der Waals surface area contributed by atoms with Crippen LogP contribution in [0.15, 0.2) is 17.5 Å². The molecule has 23 heavy (non-hydrogen) atoms. The van der Waals surface area contributed by atoms with E-state index in [0.29, 0.717) is 10.7 Å². The predicted octanol–water partition coefficient (Wildman–Crippen LogP) is 3.93. The third-order valence-electron chi connectivity index (χ3n) is 4.65. The Balaban J connectivity index is 1.80. The molecule has 7 heteroatoms. The summed E-state index contributed by atoms with van der Waals surface area (Å²) in [6.07, 6.45) is 4.70. The molecule has 0 unspecified atom stereocenters. The van der Waals surface area contributed by atoms with Crippen molar-refractivity contribution in [2.24, 2.45) is 5.92 Å². The Morgan fingerprint density at radius 3 is 3.00 bits per heavy atom. The van der Waals surface area contributed by atoms with Crippen molar-refractivity contribution in [3.05, 3.63) is 22.3 Å². The van der Waals surface area contributed by atoms with E-state index in [-0.39, 0.29) is 18.0 Å². The standard InChI is InChI=1S/C16H22N4OS2/c1-10-6-3-4-7-12(10)17-15(21)11(2)20-14(18-19-16(20)22)13-8-5-9-23-13/h5,8-12H,3-4,6-7H2,1-2H3,(H,17,21)(H,19,22)/t10-,11+,12+/m1/s1. The molecule has 0 saturated heterocycles. The maximum atomic E-state index is 12.7. The normalized spacial score (nSPS) is 22.7. The average molecular weight is 351 g/mol. The van der Waals surface area contributed by atoms with E-state index in [1.54, 1.807) is 11.3 Å². The number of rotatable bonds is 4. The molecule has 1 amide bonds. The molecule has 0 aromatic carbocycles. The summed E-state index contributed by atoms with van der Waals surface area (Å²) in [7, 11) is 0. The van der Waals surface area contributed by atoms with Gasteiger partial charge in [-0.15, -0.1) is 11.3 Å². The van der Waals surface area contributed by atoms with Crippen LogP contribution in [0.5, 0.6) is 0 Å². The molecule has 1 aliphatic carbocycles. The van der Waals surface area contributed by atoms with Gasteiger partial charge < -0.3 is 5.32 Å². The molecule has 124 valence electrons. The fourth-order valence-corrected chi connectivity index (χ4v) is 4.20. The number of nitrogens with one attached hydrogen (secondary N) is 2. The van der Waals surface area contributed by atoms with Crippen molar-refractivity contribution in [1.29, 1.82) is 0 Å². The minimum Gasteiger partial charge on any atom is -0.351 e.